The molecule has 0 bridgehead atoms. The quantitative estimate of drug-likeness (QED) is 0.790. The van der Waals surface area contributed by atoms with E-state index in [0.29, 0.717) is 12.5 Å². The zero-order chi connectivity index (χ0) is 12.3. The normalized spacial score (nSPS) is 24.8. The number of hydrogen-bond donors (Lipinski definition) is 0. The lowest BCUT2D eigenvalue weighted by molar-refractivity contribution is -0.248. The third-order valence-corrected chi connectivity index (χ3v) is 4.08. The first kappa shape index (κ1) is 12.6. The van der Waals surface area contributed by atoms with E-state index in [1.807, 2.05) is 6.07 Å². The van der Waals surface area contributed by atoms with Crippen LogP contribution in [0.25, 0.3) is 0 Å². The maximum Gasteiger partial charge on any atom is 0.0936 e. The molecule has 1 aliphatic rings. The van der Waals surface area contributed by atoms with Crippen LogP contribution in [0.4, 0.5) is 0 Å². The molecule has 0 N–H and O–H groups in total. The van der Waals surface area contributed by atoms with Gasteiger partial charge in [0.15, 0.2) is 0 Å². The van der Waals surface area contributed by atoms with Gasteiger partial charge in [0.05, 0.1) is 6.61 Å². The highest BCUT2D eigenvalue weighted by Gasteiger charge is 2.36. The minimum atomic E-state index is 0.146. The molecule has 0 amide bonds. The fourth-order valence-corrected chi connectivity index (χ4v) is 2.39. The second kappa shape index (κ2) is 5.19. The SMILES string of the molecule is CC1CCCN(OCc2ccccc2)C1(C)C. The van der Waals surface area contributed by atoms with Crippen molar-refractivity contribution in [2.75, 3.05) is 6.54 Å². The maximum atomic E-state index is 5.99. The molecule has 2 rings (SSSR count). The van der Waals surface area contributed by atoms with Crippen molar-refractivity contribution < 1.29 is 4.84 Å². The van der Waals surface area contributed by atoms with E-state index in [1.54, 1.807) is 0 Å². The van der Waals surface area contributed by atoms with Crippen LogP contribution in [0.2, 0.25) is 0 Å². The van der Waals surface area contributed by atoms with Gasteiger partial charge in [0.1, 0.15) is 0 Å². The van der Waals surface area contributed by atoms with Crippen molar-refractivity contribution in [3.63, 3.8) is 0 Å². The smallest absolute Gasteiger partial charge is 0.0936 e. The summed E-state index contributed by atoms with van der Waals surface area (Å²) >= 11 is 0. The summed E-state index contributed by atoms with van der Waals surface area (Å²) in [5, 5.41) is 2.17. The van der Waals surface area contributed by atoms with Crippen LogP contribution in [0.3, 0.4) is 0 Å². The average Bonchev–Trinajstić information content (AvgIpc) is 2.32. The number of piperidine rings is 1. The molecule has 2 heteroatoms. The Bertz CT molecular complexity index is 347. The molecule has 0 saturated carbocycles. The predicted molar refractivity (Wildman–Crippen MR) is 70.4 cm³/mol. The Morgan fingerprint density at radius 3 is 2.71 bits per heavy atom. The molecule has 1 fully saturated rings. The van der Waals surface area contributed by atoms with E-state index in [9.17, 15) is 0 Å². The standard InChI is InChI=1S/C15H23NO/c1-13-8-7-11-16(15(13,2)3)17-12-14-9-5-4-6-10-14/h4-6,9-10,13H,7-8,11-12H2,1-3H3. The highest BCUT2D eigenvalue weighted by Crippen LogP contribution is 2.33. The molecule has 1 saturated heterocycles. The Kier molecular flexibility index (Phi) is 3.85. The number of rotatable bonds is 3. The second-order valence-corrected chi connectivity index (χ2v) is 5.56. The first-order valence-electron chi connectivity index (χ1n) is 6.55. The van der Waals surface area contributed by atoms with E-state index in [2.05, 4.69) is 50.1 Å². The van der Waals surface area contributed by atoms with E-state index in [4.69, 9.17) is 4.84 Å². The predicted octanol–water partition coefficient (Wildman–Crippen LogP) is 3.63. The molecular formula is C15H23NO. The van der Waals surface area contributed by atoms with Gasteiger partial charge in [-0.2, -0.15) is 5.06 Å². The molecule has 1 aliphatic heterocycles. The van der Waals surface area contributed by atoms with Crippen LogP contribution < -0.4 is 0 Å². The van der Waals surface area contributed by atoms with Crippen molar-refractivity contribution in [3.05, 3.63) is 35.9 Å². The second-order valence-electron chi connectivity index (χ2n) is 5.56. The van der Waals surface area contributed by atoms with Crippen molar-refractivity contribution >= 4 is 0 Å². The van der Waals surface area contributed by atoms with Crippen LogP contribution in [0.15, 0.2) is 30.3 Å². The van der Waals surface area contributed by atoms with Crippen LogP contribution in [-0.4, -0.2) is 17.1 Å². The van der Waals surface area contributed by atoms with Crippen molar-refractivity contribution in [2.45, 2.75) is 45.8 Å². The van der Waals surface area contributed by atoms with E-state index < -0.39 is 0 Å². The molecule has 2 nitrogen and oxygen atoms in total. The van der Waals surface area contributed by atoms with Crippen LogP contribution in [-0.2, 0) is 11.4 Å². The van der Waals surface area contributed by atoms with E-state index in [0.717, 1.165) is 6.54 Å². The van der Waals surface area contributed by atoms with Gasteiger partial charge < -0.3 is 0 Å². The summed E-state index contributed by atoms with van der Waals surface area (Å²) in [5.74, 6) is 0.687. The first-order chi connectivity index (χ1) is 8.10. The summed E-state index contributed by atoms with van der Waals surface area (Å²) < 4.78 is 0. The third kappa shape index (κ3) is 2.88. The summed E-state index contributed by atoms with van der Waals surface area (Å²) in [6.45, 7) is 8.60. The fraction of sp³-hybridized carbons (Fsp3) is 0.600. The van der Waals surface area contributed by atoms with Gasteiger partial charge >= 0.3 is 0 Å². The molecule has 17 heavy (non-hydrogen) atoms. The van der Waals surface area contributed by atoms with Gasteiger partial charge in [-0.15, -0.1) is 0 Å². The monoisotopic (exact) mass is 233 g/mol. The van der Waals surface area contributed by atoms with Gasteiger partial charge in [-0.1, -0.05) is 37.3 Å². The largest absolute Gasteiger partial charge is 0.294 e. The van der Waals surface area contributed by atoms with Gasteiger partial charge in [0.2, 0.25) is 0 Å². The molecule has 1 unspecified atom stereocenters. The molecule has 1 aromatic carbocycles. The maximum absolute atomic E-state index is 5.99. The van der Waals surface area contributed by atoms with Gasteiger partial charge in [0.25, 0.3) is 0 Å². The lowest BCUT2D eigenvalue weighted by Crippen LogP contribution is -2.51. The van der Waals surface area contributed by atoms with E-state index in [1.165, 1.54) is 18.4 Å². The fourth-order valence-electron chi connectivity index (χ4n) is 2.39. The Hall–Kier alpha value is -0.860. The highest BCUT2D eigenvalue weighted by atomic mass is 16.7. The average molecular weight is 233 g/mol. The van der Waals surface area contributed by atoms with Crippen molar-refractivity contribution in [2.24, 2.45) is 5.92 Å². The summed E-state index contributed by atoms with van der Waals surface area (Å²) in [4.78, 5) is 5.99. The zero-order valence-electron chi connectivity index (χ0n) is 11.1. The molecule has 1 heterocycles. The minimum absolute atomic E-state index is 0.146. The van der Waals surface area contributed by atoms with Crippen LogP contribution in [0.5, 0.6) is 0 Å². The molecule has 0 aliphatic carbocycles. The summed E-state index contributed by atoms with van der Waals surface area (Å²) in [6.07, 6.45) is 2.54. The Morgan fingerprint density at radius 2 is 2.00 bits per heavy atom. The third-order valence-electron chi connectivity index (χ3n) is 4.08. The van der Waals surface area contributed by atoms with E-state index >= 15 is 0 Å². The Morgan fingerprint density at radius 1 is 1.29 bits per heavy atom. The van der Waals surface area contributed by atoms with Gasteiger partial charge in [0, 0.05) is 12.1 Å². The number of hydrogen-bond acceptors (Lipinski definition) is 2. The van der Waals surface area contributed by atoms with E-state index in [-0.39, 0.29) is 5.54 Å². The Labute approximate surface area is 105 Å². The Balaban J connectivity index is 1.94. The lowest BCUT2D eigenvalue weighted by atomic mass is 9.82. The molecule has 0 spiro atoms. The minimum Gasteiger partial charge on any atom is -0.294 e. The first-order valence-corrected chi connectivity index (χ1v) is 6.55. The van der Waals surface area contributed by atoms with Crippen LogP contribution in [0.1, 0.15) is 39.2 Å². The van der Waals surface area contributed by atoms with Gasteiger partial charge in [-0.25, -0.2) is 0 Å². The molecule has 0 radical (unpaired) electrons. The zero-order valence-corrected chi connectivity index (χ0v) is 11.1. The van der Waals surface area contributed by atoms with Crippen LogP contribution in [0, 0.1) is 5.92 Å². The summed E-state index contributed by atoms with van der Waals surface area (Å²) in [6, 6.07) is 10.4. The number of hydroxylamine groups is 2. The molecular weight excluding hydrogens is 210 g/mol. The highest BCUT2D eigenvalue weighted by molar-refractivity contribution is 5.13. The lowest BCUT2D eigenvalue weighted by Gasteiger charge is -2.45. The topological polar surface area (TPSA) is 12.5 Å². The van der Waals surface area contributed by atoms with Crippen LogP contribution >= 0.6 is 0 Å². The molecule has 94 valence electrons. The number of benzene rings is 1. The molecule has 0 aromatic heterocycles. The number of nitrogens with zero attached hydrogens (tertiary/aromatic N) is 1. The summed E-state index contributed by atoms with van der Waals surface area (Å²) in [7, 11) is 0. The van der Waals surface area contributed by atoms with Gasteiger partial charge in [-0.05, 0) is 38.2 Å². The van der Waals surface area contributed by atoms with Gasteiger partial charge in [-0.3, -0.25) is 4.84 Å². The van der Waals surface area contributed by atoms with Crippen molar-refractivity contribution in [3.8, 4) is 0 Å². The van der Waals surface area contributed by atoms with Crippen molar-refractivity contribution in [1.29, 1.82) is 0 Å². The molecule has 1 aromatic rings. The summed E-state index contributed by atoms with van der Waals surface area (Å²) in [5.41, 5.74) is 1.38. The van der Waals surface area contributed by atoms with Crippen molar-refractivity contribution in [1.82, 2.24) is 5.06 Å². The molecule has 1 atom stereocenters.